The highest BCUT2D eigenvalue weighted by molar-refractivity contribution is 5.94. The molecule has 0 spiro atoms. The Hall–Kier alpha value is -2.64. The molecule has 0 unspecified atom stereocenters. The van der Waals surface area contributed by atoms with Crippen LogP contribution in [0.1, 0.15) is 16.8 Å². The second-order valence-corrected chi connectivity index (χ2v) is 5.65. The lowest BCUT2D eigenvalue weighted by molar-refractivity contribution is -0.0495. The van der Waals surface area contributed by atoms with E-state index < -0.39 is 6.61 Å². The van der Waals surface area contributed by atoms with Gasteiger partial charge in [-0.1, -0.05) is 12.1 Å². The van der Waals surface area contributed by atoms with Crippen LogP contribution in [0.5, 0.6) is 5.75 Å². The topological polar surface area (TPSA) is 59.4 Å². The fourth-order valence-corrected chi connectivity index (χ4v) is 2.82. The fourth-order valence-electron chi connectivity index (χ4n) is 2.82. The molecular formula is C16H18F2N4O2. The summed E-state index contributed by atoms with van der Waals surface area (Å²) >= 11 is 0. The van der Waals surface area contributed by atoms with Crippen molar-refractivity contribution < 1.29 is 18.3 Å². The third-order valence-electron chi connectivity index (χ3n) is 3.91. The fraction of sp³-hybridized carbons (Fsp3) is 0.375. The zero-order valence-corrected chi connectivity index (χ0v) is 13.2. The number of carbonyl (C=O) groups is 1. The molecule has 128 valence electrons. The number of nitrogens with zero attached hydrogens (tertiary/aromatic N) is 3. The van der Waals surface area contributed by atoms with Gasteiger partial charge in [-0.3, -0.25) is 9.48 Å². The Balaban J connectivity index is 1.64. The van der Waals surface area contributed by atoms with E-state index in [1.807, 2.05) is 4.90 Å². The number of amides is 1. The lowest BCUT2D eigenvalue weighted by Gasteiger charge is -2.22. The Morgan fingerprint density at radius 3 is 2.92 bits per heavy atom. The highest BCUT2D eigenvalue weighted by Crippen LogP contribution is 2.31. The summed E-state index contributed by atoms with van der Waals surface area (Å²) in [5.41, 5.74) is 1.10. The maximum Gasteiger partial charge on any atom is 0.387 e. The third-order valence-corrected chi connectivity index (χ3v) is 3.91. The van der Waals surface area contributed by atoms with Gasteiger partial charge in [0.25, 0.3) is 5.91 Å². The summed E-state index contributed by atoms with van der Waals surface area (Å²) in [6.45, 7) is -1.67. The number of anilines is 1. The Morgan fingerprint density at radius 1 is 1.42 bits per heavy atom. The van der Waals surface area contributed by atoms with E-state index in [1.165, 1.54) is 12.3 Å². The van der Waals surface area contributed by atoms with Crippen molar-refractivity contribution in [2.75, 3.05) is 18.0 Å². The molecule has 6 nitrogen and oxygen atoms in total. The van der Waals surface area contributed by atoms with Crippen LogP contribution in [0, 0.1) is 0 Å². The van der Waals surface area contributed by atoms with E-state index in [-0.39, 0.29) is 17.7 Å². The Kier molecular flexibility index (Phi) is 4.64. The molecule has 8 heteroatoms. The van der Waals surface area contributed by atoms with Crippen LogP contribution in [0.4, 0.5) is 14.5 Å². The first kappa shape index (κ1) is 16.2. The number of aryl methyl sites for hydroxylation is 1. The average Bonchev–Trinajstić information content (AvgIpc) is 3.16. The predicted octanol–water partition coefficient (Wildman–Crippen LogP) is 2.03. The van der Waals surface area contributed by atoms with E-state index >= 15 is 0 Å². The molecule has 1 fully saturated rings. The molecule has 2 aromatic rings. The summed E-state index contributed by atoms with van der Waals surface area (Å²) in [6.07, 6.45) is 3.89. The minimum absolute atomic E-state index is 0.0580. The molecule has 1 N–H and O–H groups in total. The molecular weight excluding hydrogens is 318 g/mol. The second kappa shape index (κ2) is 6.86. The number of hydrogen-bond acceptors (Lipinski definition) is 4. The summed E-state index contributed by atoms with van der Waals surface area (Å²) < 4.78 is 31.2. The molecule has 1 aromatic carbocycles. The summed E-state index contributed by atoms with van der Waals surface area (Å²) in [5.74, 6) is -0.0428. The molecule has 0 bridgehead atoms. The molecule has 24 heavy (non-hydrogen) atoms. The normalized spacial score (nSPS) is 17.3. The van der Waals surface area contributed by atoms with Gasteiger partial charge in [0.2, 0.25) is 0 Å². The lowest BCUT2D eigenvalue weighted by Crippen LogP contribution is -2.37. The first-order chi connectivity index (χ1) is 11.5. The van der Waals surface area contributed by atoms with E-state index in [4.69, 9.17) is 0 Å². The van der Waals surface area contributed by atoms with Crippen molar-refractivity contribution in [3.8, 4) is 5.75 Å². The molecule has 1 aliphatic heterocycles. The number of benzene rings is 1. The van der Waals surface area contributed by atoms with Crippen LogP contribution in [0.2, 0.25) is 0 Å². The zero-order valence-electron chi connectivity index (χ0n) is 13.2. The van der Waals surface area contributed by atoms with Crippen LogP contribution in [-0.4, -0.2) is 41.4 Å². The minimum Gasteiger partial charge on any atom is -0.433 e. The Morgan fingerprint density at radius 2 is 2.21 bits per heavy atom. The highest BCUT2D eigenvalue weighted by atomic mass is 19.3. The number of para-hydroxylation sites is 2. The SMILES string of the molecule is Cn1cc(C(=O)N[C@H]2CCN(c3ccccc3OC(F)F)C2)cn1. The van der Waals surface area contributed by atoms with Crippen LogP contribution in [0.3, 0.4) is 0 Å². The number of rotatable bonds is 5. The van der Waals surface area contributed by atoms with Gasteiger partial charge in [0.05, 0.1) is 17.4 Å². The van der Waals surface area contributed by atoms with Gasteiger partial charge in [0.15, 0.2) is 0 Å². The Labute approximate surface area is 138 Å². The Bertz CT molecular complexity index is 720. The first-order valence-electron chi connectivity index (χ1n) is 7.61. The van der Waals surface area contributed by atoms with Crippen molar-refractivity contribution in [2.24, 2.45) is 7.05 Å². The summed E-state index contributed by atoms with van der Waals surface area (Å²) in [5, 5.41) is 6.92. The number of hydrogen-bond donors (Lipinski definition) is 1. The first-order valence-corrected chi connectivity index (χ1v) is 7.61. The number of aromatic nitrogens is 2. The summed E-state index contributed by atoms with van der Waals surface area (Å²) in [6, 6.07) is 6.62. The number of carbonyl (C=O) groups excluding carboxylic acids is 1. The standard InChI is InChI=1S/C16H18F2N4O2/c1-21-9-11(8-19-21)15(23)20-12-6-7-22(10-12)13-4-2-3-5-14(13)24-16(17)18/h2-5,8-9,12,16H,6-7,10H2,1H3,(H,20,23)/t12-/m0/s1. The van der Waals surface area contributed by atoms with E-state index in [0.29, 0.717) is 24.3 Å². The van der Waals surface area contributed by atoms with E-state index in [9.17, 15) is 13.6 Å². The predicted molar refractivity (Wildman–Crippen MR) is 84.4 cm³/mol. The molecule has 1 aromatic heterocycles. The van der Waals surface area contributed by atoms with Crippen LogP contribution in [0.25, 0.3) is 0 Å². The second-order valence-electron chi connectivity index (χ2n) is 5.65. The van der Waals surface area contributed by atoms with Crippen molar-refractivity contribution in [1.82, 2.24) is 15.1 Å². The number of halogens is 2. The van der Waals surface area contributed by atoms with Crippen molar-refractivity contribution >= 4 is 11.6 Å². The smallest absolute Gasteiger partial charge is 0.387 e. The van der Waals surface area contributed by atoms with Crippen LogP contribution < -0.4 is 15.0 Å². The van der Waals surface area contributed by atoms with E-state index in [1.54, 1.807) is 36.1 Å². The zero-order chi connectivity index (χ0) is 17.1. The molecule has 0 aliphatic carbocycles. The van der Waals surface area contributed by atoms with Gasteiger partial charge in [0, 0.05) is 32.4 Å². The van der Waals surface area contributed by atoms with Crippen molar-refractivity contribution in [1.29, 1.82) is 0 Å². The van der Waals surface area contributed by atoms with E-state index in [0.717, 1.165) is 6.42 Å². The van der Waals surface area contributed by atoms with Crippen LogP contribution in [0.15, 0.2) is 36.7 Å². The summed E-state index contributed by atoms with van der Waals surface area (Å²) in [7, 11) is 1.74. The molecule has 0 saturated carbocycles. The maximum absolute atomic E-state index is 12.5. The van der Waals surface area contributed by atoms with Gasteiger partial charge in [-0.15, -0.1) is 0 Å². The lowest BCUT2D eigenvalue weighted by atomic mass is 10.2. The largest absolute Gasteiger partial charge is 0.433 e. The number of ether oxygens (including phenoxy) is 1. The molecule has 0 radical (unpaired) electrons. The van der Waals surface area contributed by atoms with Gasteiger partial charge in [-0.2, -0.15) is 13.9 Å². The number of alkyl halides is 2. The van der Waals surface area contributed by atoms with Gasteiger partial charge < -0.3 is 15.0 Å². The number of nitrogens with one attached hydrogen (secondary N) is 1. The molecule has 3 rings (SSSR count). The molecule has 1 aliphatic rings. The van der Waals surface area contributed by atoms with Gasteiger partial charge >= 0.3 is 6.61 Å². The minimum atomic E-state index is -2.87. The van der Waals surface area contributed by atoms with Crippen LogP contribution in [-0.2, 0) is 7.05 Å². The van der Waals surface area contributed by atoms with Crippen molar-refractivity contribution in [3.63, 3.8) is 0 Å². The molecule has 2 heterocycles. The maximum atomic E-state index is 12.5. The van der Waals surface area contributed by atoms with E-state index in [2.05, 4.69) is 15.2 Å². The third kappa shape index (κ3) is 3.64. The van der Waals surface area contributed by atoms with Crippen molar-refractivity contribution in [2.45, 2.75) is 19.1 Å². The van der Waals surface area contributed by atoms with Crippen LogP contribution >= 0.6 is 0 Å². The van der Waals surface area contributed by atoms with Gasteiger partial charge in [-0.25, -0.2) is 0 Å². The average molecular weight is 336 g/mol. The highest BCUT2D eigenvalue weighted by Gasteiger charge is 2.27. The van der Waals surface area contributed by atoms with Gasteiger partial charge in [-0.05, 0) is 18.6 Å². The van der Waals surface area contributed by atoms with Crippen molar-refractivity contribution in [3.05, 3.63) is 42.2 Å². The molecule has 1 saturated heterocycles. The van der Waals surface area contributed by atoms with Gasteiger partial charge in [0.1, 0.15) is 5.75 Å². The monoisotopic (exact) mass is 336 g/mol. The molecule has 1 atom stereocenters. The molecule has 1 amide bonds. The summed E-state index contributed by atoms with van der Waals surface area (Å²) in [4.78, 5) is 14.1. The quantitative estimate of drug-likeness (QED) is 0.908.